The second kappa shape index (κ2) is 8.29. The van der Waals surface area contributed by atoms with Crippen LogP contribution in [0.3, 0.4) is 0 Å². The Bertz CT molecular complexity index is 1830. The van der Waals surface area contributed by atoms with Crippen LogP contribution >= 0.6 is 0 Å². The van der Waals surface area contributed by atoms with Gasteiger partial charge in [-0.25, -0.2) is 9.97 Å². The molecule has 0 saturated heterocycles. The van der Waals surface area contributed by atoms with Crippen LogP contribution < -0.4 is 0 Å². The molecular formula is C30H20N6. The highest BCUT2D eigenvalue weighted by Gasteiger charge is 2.24. The Morgan fingerprint density at radius 3 is 1.56 bits per heavy atom. The maximum absolute atomic E-state index is 5.09. The third-order valence-electron chi connectivity index (χ3n) is 6.18. The van der Waals surface area contributed by atoms with E-state index in [1.807, 2.05) is 60.7 Å². The Labute approximate surface area is 206 Å². The molecule has 0 spiro atoms. The zero-order chi connectivity index (χ0) is 23.9. The summed E-state index contributed by atoms with van der Waals surface area (Å²) in [6.07, 6.45) is 7.64. The van der Waals surface area contributed by atoms with Gasteiger partial charge in [0.05, 0.1) is 34.2 Å². The number of nitrogens with one attached hydrogen (secondary N) is 2. The van der Waals surface area contributed by atoms with Gasteiger partial charge in [0.15, 0.2) is 0 Å². The molecule has 0 aromatic carbocycles. The lowest BCUT2D eigenvalue weighted by Crippen LogP contribution is -1.95. The molecule has 2 aliphatic rings. The standard InChI is InChI=1S/C30H20N6/c1-3-13-31-25(5-1)29-27-17-23-11-9-21(34-23)15-19-7-8-20(33-19)16-22-10-12-24(35-22)18-28(36-27)30(29)26-6-2-4-14-32-26/h1-18,33-34H. The van der Waals surface area contributed by atoms with E-state index in [9.17, 15) is 0 Å². The minimum absolute atomic E-state index is 0.804. The fraction of sp³-hybridized carbons (Fsp3) is 0. The summed E-state index contributed by atoms with van der Waals surface area (Å²) in [6, 6.07) is 28.3. The summed E-state index contributed by atoms with van der Waals surface area (Å²) in [5.41, 5.74) is 10.9. The summed E-state index contributed by atoms with van der Waals surface area (Å²) < 4.78 is 0. The third-order valence-corrected chi connectivity index (χ3v) is 6.18. The van der Waals surface area contributed by atoms with E-state index in [2.05, 4.69) is 56.3 Å². The topological polar surface area (TPSA) is 83.1 Å². The highest BCUT2D eigenvalue weighted by atomic mass is 14.8. The van der Waals surface area contributed by atoms with Crippen LogP contribution in [0.2, 0.25) is 0 Å². The van der Waals surface area contributed by atoms with Crippen LogP contribution in [0.4, 0.5) is 0 Å². The Morgan fingerprint density at radius 2 is 0.972 bits per heavy atom. The zero-order valence-electron chi connectivity index (χ0n) is 19.2. The summed E-state index contributed by atoms with van der Waals surface area (Å²) in [5.74, 6) is 0. The Hall–Kier alpha value is -5.10. The van der Waals surface area contributed by atoms with Crippen molar-refractivity contribution < 1.29 is 0 Å². The Morgan fingerprint density at radius 1 is 0.444 bits per heavy atom. The quantitative estimate of drug-likeness (QED) is 0.315. The molecule has 0 amide bonds. The average Bonchev–Trinajstić information content (AvgIpc) is 3.70. The Kier molecular flexibility index (Phi) is 4.67. The molecule has 0 saturated carbocycles. The molecule has 0 radical (unpaired) electrons. The van der Waals surface area contributed by atoms with E-state index in [0.29, 0.717) is 0 Å². The van der Waals surface area contributed by atoms with Gasteiger partial charge in [0.25, 0.3) is 0 Å². The summed E-state index contributed by atoms with van der Waals surface area (Å²) in [7, 11) is 0. The smallest absolute Gasteiger partial charge is 0.0760 e. The van der Waals surface area contributed by atoms with Crippen LogP contribution in [0.15, 0.2) is 97.3 Å². The van der Waals surface area contributed by atoms with Crippen molar-refractivity contribution in [2.45, 2.75) is 0 Å². The fourth-order valence-electron chi connectivity index (χ4n) is 4.61. The maximum Gasteiger partial charge on any atom is 0.0760 e. The van der Waals surface area contributed by atoms with Crippen molar-refractivity contribution in [2.75, 3.05) is 0 Å². The number of nitrogens with zero attached hydrogens (tertiary/aromatic N) is 4. The van der Waals surface area contributed by atoms with E-state index in [0.717, 1.165) is 67.4 Å². The minimum Gasteiger partial charge on any atom is -0.355 e. The molecule has 170 valence electrons. The fourth-order valence-corrected chi connectivity index (χ4v) is 4.61. The zero-order valence-corrected chi connectivity index (χ0v) is 19.2. The van der Waals surface area contributed by atoms with Crippen molar-refractivity contribution in [3.05, 3.63) is 131 Å². The monoisotopic (exact) mass is 464 g/mol. The number of rotatable bonds is 2. The van der Waals surface area contributed by atoms with Crippen LogP contribution in [-0.4, -0.2) is 29.9 Å². The maximum atomic E-state index is 5.09. The first-order valence-corrected chi connectivity index (χ1v) is 11.7. The number of fused-ring (bicyclic) bond motifs is 8. The molecule has 7 rings (SSSR count). The van der Waals surface area contributed by atoms with Gasteiger partial charge in [-0.05, 0) is 84.9 Å². The van der Waals surface area contributed by atoms with E-state index < -0.39 is 0 Å². The number of aromatic nitrogens is 6. The average molecular weight is 465 g/mol. The second-order valence-electron chi connectivity index (χ2n) is 8.67. The van der Waals surface area contributed by atoms with Gasteiger partial charge in [-0.1, -0.05) is 12.1 Å². The number of hydrogen-bond acceptors (Lipinski definition) is 4. The van der Waals surface area contributed by atoms with E-state index in [-0.39, 0.29) is 0 Å². The first-order chi connectivity index (χ1) is 17.8. The Balaban J connectivity index is 1.60. The highest BCUT2D eigenvalue weighted by molar-refractivity contribution is 6.04. The number of pyridine rings is 2. The van der Waals surface area contributed by atoms with Crippen LogP contribution in [0.5, 0.6) is 0 Å². The number of hydrogen-bond donors (Lipinski definition) is 2. The van der Waals surface area contributed by atoms with Gasteiger partial charge in [0, 0.05) is 45.6 Å². The SMILES string of the molecule is C1=Cc2cc3ccc(cc4ccc(cc5nc(cc1n2)C(c1ccccn1)=C5c1ccccn1)[nH]4)[nH]3. The van der Waals surface area contributed by atoms with Crippen LogP contribution in [-0.2, 0) is 0 Å². The van der Waals surface area contributed by atoms with Crippen molar-refractivity contribution in [2.24, 2.45) is 0 Å². The molecule has 2 aliphatic heterocycles. The van der Waals surface area contributed by atoms with Crippen LogP contribution in [0, 0.1) is 0 Å². The summed E-state index contributed by atoms with van der Waals surface area (Å²) in [4.78, 5) is 26.2. The number of H-pyrrole nitrogens is 2. The first kappa shape index (κ1) is 20.3. The number of aromatic amines is 2. The molecule has 0 unspecified atom stereocenters. The van der Waals surface area contributed by atoms with Gasteiger partial charge in [-0.2, -0.15) is 0 Å². The van der Waals surface area contributed by atoms with Gasteiger partial charge >= 0.3 is 0 Å². The van der Waals surface area contributed by atoms with Crippen LogP contribution in [0.25, 0.3) is 45.4 Å². The van der Waals surface area contributed by atoms with Crippen molar-refractivity contribution in [3.63, 3.8) is 0 Å². The van der Waals surface area contributed by atoms with E-state index in [4.69, 9.17) is 9.97 Å². The lowest BCUT2D eigenvalue weighted by atomic mass is 9.98. The largest absolute Gasteiger partial charge is 0.355 e. The molecule has 2 N–H and O–H groups in total. The molecule has 0 atom stereocenters. The van der Waals surface area contributed by atoms with E-state index in [1.165, 1.54) is 0 Å². The lowest BCUT2D eigenvalue weighted by molar-refractivity contribution is 1.24. The molecule has 36 heavy (non-hydrogen) atoms. The van der Waals surface area contributed by atoms with Crippen molar-refractivity contribution in [3.8, 4) is 0 Å². The normalized spacial score (nSPS) is 12.8. The van der Waals surface area contributed by atoms with E-state index in [1.54, 1.807) is 12.4 Å². The minimum atomic E-state index is 0.804. The first-order valence-electron chi connectivity index (χ1n) is 11.7. The van der Waals surface area contributed by atoms with Crippen molar-refractivity contribution >= 4 is 45.4 Å². The summed E-state index contributed by atoms with van der Waals surface area (Å²) >= 11 is 0. The molecule has 6 heteroatoms. The summed E-state index contributed by atoms with van der Waals surface area (Å²) in [6.45, 7) is 0. The van der Waals surface area contributed by atoms with E-state index >= 15 is 0 Å². The third kappa shape index (κ3) is 3.71. The molecular weight excluding hydrogens is 444 g/mol. The van der Waals surface area contributed by atoms with Gasteiger partial charge in [-0.3, -0.25) is 9.97 Å². The van der Waals surface area contributed by atoms with Crippen LogP contribution in [0.1, 0.15) is 34.2 Å². The van der Waals surface area contributed by atoms with Gasteiger partial charge in [0.2, 0.25) is 0 Å². The molecule has 6 nitrogen and oxygen atoms in total. The molecule has 7 heterocycles. The molecule has 5 aromatic heterocycles. The second-order valence-corrected chi connectivity index (χ2v) is 8.67. The van der Waals surface area contributed by atoms with Gasteiger partial charge in [0.1, 0.15) is 0 Å². The molecule has 5 aromatic rings. The lowest BCUT2D eigenvalue weighted by Gasteiger charge is -2.07. The molecule has 0 aliphatic carbocycles. The predicted molar refractivity (Wildman–Crippen MR) is 143 cm³/mol. The van der Waals surface area contributed by atoms with Gasteiger partial charge < -0.3 is 9.97 Å². The van der Waals surface area contributed by atoms with Crippen molar-refractivity contribution in [1.29, 1.82) is 0 Å². The molecule has 0 fully saturated rings. The van der Waals surface area contributed by atoms with Crippen molar-refractivity contribution in [1.82, 2.24) is 29.9 Å². The predicted octanol–water partition coefficient (Wildman–Crippen LogP) is 6.28. The van der Waals surface area contributed by atoms with Gasteiger partial charge in [-0.15, -0.1) is 0 Å². The summed E-state index contributed by atoms with van der Waals surface area (Å²) in [5, 5.41) is 0. The highest BCUT2D eigenvalue weighted by Crippen LogP contribution is 2.38. The molecule has 8 bridgehead atoms.